The summed E-state index contributed by atoms with van der Waals surface area (Å²) < 4.78 is 91.0. The van der Waals surface area contributed by atoms with Crippen LogP contribution in [0.5, 0.6) is 11.5 Å². The van der Waals surface area contributed by atoms with Gasteiger partial charge in [-0.25, -0.2) is 4.98 Å². The summed E-state index contributed by atoms with van der Waals surface area (Å²) in [5, 5.41) is 0.262. The Morgan fingerprint density at radius 3 is 2.21 bits per heavy atom. The van der Waals surface area contributed by atoms with Gasteiger partial charge in [0, 0.05) is 38.9 Å². The zero-order valence-electron chi connectivity index (χ0n) is 20.4. The van der Waals surface area contributed by atoms with Crippen molar-refractivity contribution in [1.82, 2.24) is 9.88 Å². The number of morpholine rings is 1. The lowest BCUT2D eigenvalue weighted by atomic mass is 10.0. The molecule has 1 aliphatic rings. The summed E-state index contributed by atoms with van der Waals surface area (Å²) >= 11 is 6.22. The van der Waals surface area contributed by atoms with Crippen LogP contribution >= 0.6 is 11.6 Å². The van der Waals surface area contributed by atoms with E-state index in [1.54, 1.807) is 24.3 Å². The molecule has 39 heavy (non-hydrogen) atoms. The summed E-state index contributed by atoms with van der Waals surface area (Å²) in [6.45, 7) is 1.50. The van der Waals surface area contributed by atoms with Gasteiger partial charge >= 0.3 is 12.4 Å². The average molecular weight is 574 g/mol. The third kappa shape index (κ3) is 6.93. The molecule has 0 N–H and O–H groups in total. The molecule has 4 rings (SSSR count). The minimum Gasteiger partial charge on any atom is -0.455 e. The second-order valence-electron chi connectivity index (χ2n) is 8.75. The predicted octanol–water partition coefficient (Wildman–Crippen LogP) is 6.67. The fourth-order valence-corrected chi connectivity index (χ4v) is 4.12. The molecular formula is C26H22ClF6N3O3. The lowest BCUT2D eigenvalue weighted by Gasteiger charge is -2.28. The molecule has 208 valence electrons. The first-order chi connectivity index (χ1) is 18.3. The van der Waals surface area contributed by atoms with Gasteiger partial charge in [-0.15, -0.1) is 0 Å². The smallest absolute Gasteiger partial charge is 0.416 e. The van der Waals surface area contributed by atoms with Crippen molar-refractivity contribution in [2.75, 3.05) is 38.3 Å². The number of hydrogen-bond acceptors (Lipinski definition) is 5. The van der Waals surface area contributed by atoms with E-state index >= 15 is 0 Å². The molecule has 0 radical (unpaired) electrons. The zero-order chi connectivity index (χ0) is 28.4. The van der Waals surface area contributed by atoms with E-state index < -0.39 is 35.9 Å². The SMILES string of the molecule is CN(Cc1cc(C(F)(F)F)cc(C(F)(F)F)c1)C(=O)c1cnc(N2CCOCC2)cc1Oc1ccccc1Cl. The van der Waals surface area contributed by atoms with Crippen molar-refractivity contribution in [3.05, 3.63) is 82.0 Å². The van der Waals surface area contributed by atoms with Crippen LogP contribution in [0, 0.1) is 0 Å². The summed E-state index contributed by atoms with van der Waals surface area (Å²) in [5.41, 5.74) is -3.34. The van der Waals surface area contributed by atoms with Crippen molar-refractivity contribution in [3.8, 4) is 11.5 Å². The van der Waals surface area contributed by atoms with E-state index in [0.717, 1.165) is 4.90 Å². The lowest BCUT2D eigenvalue weighted by Crippen LogP contribution is -2.36. The molecule has 0 spiro atoms. The highest BCUT2D eigenvalue weighted by Crippen LogP contribution is 2.37. The Morgan fingerprint density at radius 1 is 1.00 bits per heavy atom. The molecular weight excluding hydrogens is 552 g/mol. The largest absolute Gasteiger partial charge is 0.455 e. The normalized spacial score (nSPS) is 14.3. The van der Waals surface area contributed by atoms with Gasteiger partial charge in [-0.2, -0.15) is 26.3 Å². The maximum absolute atomic E-state index is 13.4. The number of alkyl halides is 6. The number of amides is 1. The van der Waals surface area contributed by atoms with Gasteiger partial charge in [-0.3, -0.25) is 4.79 Å². The molecule has 13 heteroatoms. The minimum absolute atomic E-state index is 0.0369. The molecule has 0 bridgehead atoms. The maximum atomic E-state index is 13.4. The maximum Gasteiger partial charge on any atom is 0.416 e. The number of carbonyl (C=O) groups is 1. The van der Waals surface area contributed by atoms with Crippen molar-refractivity contribution in [3.63, 3.8) is 0 Å². The highest BCUT2D eigenvalue weighted by atomic mass is 35.5. The van der Waals surface area contributed by atoms with E-state index in [9.17, 15) is 31.1 Å². The summed E-state index contributed by atoms with van der Waals surface area (Å²) in [6, 6.07) is 9.25. The van der Waals surface area contributed by atoms with E-state index in [4.69, 9.17) is 21.1 Å². The van der Waals surface area contributed by atoms with Crippen molar-refractivity contribution in [2.24, 2.45) is 0 Å². The first-order valence-corrected chi connectivity index (χ1v) is 12.0. The van der Waals surface area contributed by atoms with Crippen molar-refractivity contribution < 1.29 is 40.6 Å². The number of anilines is 1. The quantitative estimate of drug-likeness (QED) is 0.308. The zero-order valence-corrected chi connectivity index (χ0v) is 21.2. The Morgan fingerprint density at radius 2 is 1.62 bits per heavy atom. The average Bonchev–Trinajstić information content (AvgIpc) is 2.89. The van der Waals surface area contributed by atoms with Crippen LogP contribution < -0.4 is 9.64 Å². The van der Waals surface area contributed by atoms with E-state index in [-0.39, 0.29) is 33.7 Å². The Balaban J connectivity index is 1.67. The first-order valence-electron chi connectivity index (χ1n) is 11.6. The molecule has 0 atom stereocenters. The van der Waals surface area contributed by atoms with Crippen LogP contribution in [0.3, 0.4) is 0 Å². The number of benzene rings is 2. The van der Waals surface area contributed by atoms with Crippen LogP contribution in [0.15, 0.2) is 54.7 Å². The minimum atomic E-state index is -5.01. The van der Waals surface area contributed by atoms with E-state index in [2.05, 4.69) is 4.98 Å². The van der Waals surface area contributed by atoms with Gasteiger partial charge in [0.25, 0.3) is 5.91 Å². The monoisotopic (exact) mass is 573 g/mol. The Bertz CT molecular complexity index is 1310. The Hall–Kier alpha value is -3.51. The molecule has 1 saturated heterocycles. The molecule has 6 nitrogen and oxygen atoms in total. The molecule has 0 unspecified atom stereocenters. The van der Waals surface area contributed by atoms with Crippen molar-refractivity contribution >= 4 is 23.3 Å². The van der Waals surface area contributed by atoms with Gasteiger partial charge in [-0.1, -0.05) is 23.7 Å². The van der Waals surface area contributed by atoms with Crippen LogP contribution in [0.25, 0.3) is 0 Å². The molecule has 0 saturated carbocycles. The standard InChI is InChI=1S/C26H22ClF6N3O3/c1-35(15-16-10-17(25(28,29)30)12-18(11-16)26(31,32)33)24(37)19-14-34-23(36-6-8-38-9-7-36)13-22(19)39-21-5-3-2-4-20(21)27/h2-5,10-14H,6-9,15H2,1H3. The fourth-order valence-electron chi connectivity index (χ4n) is 3.94. The van der Waals surface area contributed by atoms with Gasteiger partial charge in [0.15, 0.2) is 0 Å². The molecule has 1 aromatic heterocycles. The van der Waals surface area contributed by atoms with Gasteiger partial charge in [-0.05, 0) is 35.9 Å². The van der Waals surface area contributed by atoms with Crippen LogP contribution in [0.4, 0.5) is 32.2 Å². The molecule has 2 heterocycles. The fraction of sp³-hybridized carbons (Fsp3) is 0.308. The number of halogens is 7. The number of rotatable bonds is 6. The van der Waals surface area contributed by atoms with Crippen LogP contribution in [0.2, 0.25) is 5.02 Å². The third-order valence-electron chi connectivity index (χ3n) is 5.89. The van der Waals surface area contributed by atoms with Gasteiger partial charge < -0.3 is 19.3 Å². The number of hydrogen-bond donors (Lipinski definition) is 0. The van der Waals surface area contributed by atoms with Gasteiger partial charge in [0.1, 0.15) is 22.9 Å². The third-order valence-corrected chi connectivity index (χ3v) is 6.20. The second-order valence-corrected chi connectivity index (χ2v) is 9.15. The number of aromatic nitrogens is 1. The second kappa shape index (κ2) is 11.3. The molecule has 0 aliphatic carbocycles. The molecule has 3 aromatic rings. The van der Waals surface area contributed by atoms with Crippen molar-refractivity contribution in [2.45, 2.75) is 18.9 Å². The Labute approximate surface area is 224 Å². The highest BCUT2D eigenvalue weighted by molar-refractivity contribution is 6.32. The predicted molar refractivity (Wildman–Crippen MR) is 131 cm³/mol. The van der Waals surface area contributed by atoms with Crippen LogP contribution in [-0.2, 0) is 23.6 Å². The number of para-hydroxylation sites is 1. The topological polar surface area (TPSA) is 54.9 Å². The van der Waals surface area contributed by atoms with E-state index in [1.165, 1.54) is 19.3 Å². The number of nitrogens with zero attached hydrogens (tertiary/aromatic N) is 3. The first kappa shape index (κ1) is 28.5. The summed E-state index contributed by atoms with van der Waals surface area (Å²) in [7, 11) is 1.25. The summed E-state index contributed by atoms with van der Waals surface area (Å²) in [5.74, 6) is 0.0652. The molecule has 1 amide bonds. The highest BCUT2D eigenvalue weighted by Gasteiger charge is 2.37. The number of carbonyl (C=O) groups excluding carboxylic acids is 1. The van der Waals surface area contributed by atoms with Crippen LogP contribution in [0.1, 0.15) is 27.0 Å². The Kier molecular flexibility index (Phi) is 8.26. The number of ether oxygens (including phenoxy) is 2. The summed E-state index contributed by atoms with van der Waals surface area (Å²) in [6.07, 6.45) is -8.76. The van der Waals surface area contributed by atoms with E-state index in [1.807, 2.05) is 4.90 Å². The number of pyridine rings is 1. The van der Waals surface area contributed by atoms with E-state index in [0.29, 0.717) is 44.3 Å². The van der Waals surface area contributed by atoms with Crippen LogP contribution in [-0.4, -0.2) is 49.1 Å². The molecule has 1 aliphatic heterocycles. The van der Waals surface area contributed by atoms with Crippen molar-refractivity contribution in [1.29, 1.82) is 0 Å². The van der Waals surface area contributed by atoms with Gasteiger partial charge in [0.2, 0.25) is 0 Å². The molecule has 2 aromatic carbocycles. The molecule has 1 fully saturated rings. The summed E-state index contributed by atoms with van der Waals surface area (Å²) in [4.78, 5) is 20.6. The lowest BCUT2D eigenvalue weighted by molar-refractivity contribution is -0.143. The van der Waals surface area contributed by atoms with Gasteiger partial charge in [0.05, 0.1) is 29.4 Å².